The summed E-state index contributed by atoms with van der Waals surface area (Å²) in [6.45, 7) is -0.305. The highest BCUT2D eigenvalue weighted by Crippen LogP contribution is 2.22. The van der Waals surface area contributed by atoms with Gasteiger partial charge in [0.1, 0.15) is 30.2 Å². The molecule has 2 heterocycles. The van der Waals surface area contributed by atoms with E-state index < -0.39 is 0 Å². The average molecular weight is 250 g/mol. The molecule has 2 N–H and O–H groups in total. The van der Waals surface area contributed by atoms with Gasteiger partial charge in [-0.25, -0.2) is 15.0 Å². The molecule has 17 heavy (non-hydrogen) atoms. The number of aliphatic hydroxyl groups is 2. The van der Waals surface area contributed by atoms with Crippen LogP contribution in [0.4, 0.5) is 0 Å². The van der Waals surface area contributed by atoms with Crippen molar-refractivity contribution in [1.29, 1.82) is 0 Å². The molecular formula is C10H10N4O2S. The molecule has 7 heteroatoms. The van der Waals surface area contributed by atoms with Gasteiger partial charge in [0.25, 0.3) is 0 Å². The van der Waals surface area contributed by atoms with E-state index in [1.165, 1.54) is 29.0 Å². The molecule has 88 valence electrons. The van der Waals surface area contributed by atoms with Crippen molar-refractivity contribution in [1.82, 2.24) is 19.5 Å². The number of aliphatic hydroxyl groups excluding tert-OH is 2. The monoisotopic (exact) mass is 250 g/mol. The van der Waals surface area contributed by atoms with Crippen LogP contribution in [0.1, 0.15) is 0 Å². The van der Waals surface area contributed by atoms with E-state index in [1.807, 2.05) is 0 Å². The van der Waals surface area contributed by atoms with E-state index in [0.717, 1.165) is 5.03 Å². The fourth-order valence-corrected chi connectivity index (χ4v) is 1.99. The summed E-state index contributed by atoms with van der Waals surface area (Å²) in [5.74, 6) is 5.87. The highest BCUT2D eigenvalue weighted by atomic mass is 32.2. The predicted molar refractivity (Wildman–Crippen MR) is 63.1 cm³/mol. The van der Waals surface area contributed by atoms with Gasteiger partial charge < -0.3 is 10.2 Å². The maximum Gasteiger partial charge on any atom is 0.166 e. The largest absolute Gasteiger partial charge is 0.384 e. The van der Waals surface area contributed by atoms with Crippen LogP contribution in [-0.2, 0) is 6.73 Å². The zero-order chi connectivity index (χ0) is 12.1. The van der Waals surface area contributed by atoms with Crippen LogP contribution < -0.4 is 0 Å². The van der Waals surface area contributed by atoms with E-state index in [9.17, 15) is 0 Å². The summed E-state index contributed by atoms with van der Waals surface area (Å²) in [6.07, 6.45) is 2.95. The van der Waals surface area contributed by atoms with E-state index >= 15 is 0 Å². The lowest BCUT2D eigenvalue weighted by Gasteiger charge is -1.99. The van der Waals surface area contributed by atoms with Gasteiger partial charge in [0.15, 0.2) is 5.65 Å². The van der Waals surface area contributed by atoms with E-state index in [1.54, 1.807) is 0 Å². The fraction of sp³-hybridized carbons (Fsp3) is 0.300. The minimum absolute atomic E-state index is 0.140. The number of hydrogen-bond donors (Lipinski definition) is 2. The quantitative estimate of drug-likeness (QED) is 0.448. The first-order chi connectivity index (χ1) is 8.36. The molecule has 0 aromatic carbocycles. The molecule has 0 aliphatic carbocycles. The Kier molecular flexibility index (Phi) is 3.93. The fourth-order valence-electron chi connectivity index (χ4n) is 1.28. The maximum atomic E-state index is 9.07. The minimum Gasteiger partial charge on any atom is -0.384 e. The summed E-state index contributed by atoms with van der Waals surface area (Å²) in [5, 5.41) is 18.3. The predicted octanol–water partition coefficient (Wildman–Crippen LogP) is -0.136. The van der Waals surface area contributed by atoms with Gasteiger partial charge in [-0.15, -0.1) is 0 Å². The number of hydrogen-bond acceptors (Lipinski definition) is 6. The molecule has 0 saturated heterocycles. The van der Waals surface area contributed by atoms with E-state index in [4.69, 9.17) is 10.2 Å². The highest BCUT2D eigenvalue weighted by Gasteiger charge is 2.09. The number of rotatable bonds is 3. The minimum atomic E-state index is -0.165. The molecule has 0 saturated carbocycles. The summed E-state index contributed by atoms with van der Waals surface area (Å²) < 4.78 is 1.53. The lowest BCUT2D eigenvalue weighted by molar-refractivity contribution is 0.214. The van der Waals surface area contributed by atoms with Crippen molar-refractivity contribution in [3.8, 4) is 11.8 Å². The van der Waals surface area contributed by atoms with Crippen molar-refractivity contribution < 1.29 is 10.2 Å². The first-order valence-electron chi connectivity index (χ1n) is 4.83. The Balaban J connectivity index is 2.25. The first kappa shape index (κ1) is 11.9. The maximum absolute atomic E-state index is 9.07. The van der Waals surface area contributed by atoms with Crippen molar-refractivity contribution in [3.63, 3.8) is 0 Å². The number of fused-ring (bicyclic) bond motifs is 1. The van der Waals surface area contributed by atoms with E-state index in [-0.39, 0.29) is 13.3 Å². The summed E-state index contributed by atoms with van der Waals surface area (Å²) in [4.78, 5) is 12.3. The topological polar surface area (TPSA) is 84.1 Å². The second-order valence-electron chi connectivity index (χ2n) is 3.01. The van der Waals surface area contributed by atoms with Gasteiger partial charge in [0, 0.05) is 0 Å². The van der Waals surface area contributed by atoms with Gasteiger partial charge in [0.05, 0.1) is 12.1 Å². The molecule has 0 atom stereocenters. The summed E-state index contributed by atoms with van der Waals surface area (Å²) in [7, 11) is 0. The van der Waals surface area contributed by atoms with Gasteiger partial charge in [0.2, 0.25) is 0 Å². The second-order valence-corrected chi connectivity index (χ2v) is 3.97. The Morgan fingerprint density at radius 3 is 2.88 bits per heavy atom. The normalized spacial score (nSPS) is 10.2. The summed E-state index contributed by atoms with van der Waals surface area (Å²) in [5.41, 5.74) is 1.25. The van der Waals surface area contributed by atoms with Crippen LogP contribution in [0.2, 0.25) is 0 Å². The number of nitrogens with zero attached hydrogens (tertiary/aromatic N) is 4. The Labute approximate surface area is 102 Å². The Morgan fingerprint density at radius 1 is 1.24 bits per heavy atom. The number of imidazole rings is 1. The molecule has 0 bridgehead atoms. The molecule has 2 rings (SSSR count). The third-order valence-electron chi connectivity index (χ3n) is 2.01. The van der Waals surface area contributed by atoms with Crippen LogP contribution in [-0.4, -0.2) is 42.1 Å². The Bertz CT molecular complexity index is 572. The SMILES string of the molecule is OCC#CCSc1ncnc2c1ncn2CO. The summed E-state index contributed by atoms with van der Waals surface area (Å²) >= 11 is 1.42. The van der Waals surface area contributed by atoms with Gasteiger partial charge in [-0.3, -0.25) is 4.57 Å². The van der Waals surface area contributed by atoms with Crippen molar-refractivity contribution in [2.75, 3.05) is 12.4 Å². The molecule has 0 fully saturated rings. The van der Waals surface area contributed by atoms with Crippen LogP contribution in [0.15, 0.2) is 17.7 Å². The van der Waals surface area contributed by atoms with Crippen LogP contribution in [0.3, 0.4) is 0 Å². The van der Waals surface area contributed by atoms with E-state index in [2.05, 4.69) is 26.8 Å². The molecule has 2 aromatic rings. The van der Waals surface area contributed by atoms with Crippen molar-refractivity contribution in [3.05, 3.63) is 12.7 Å². The third kappa shape index (κ3) is 2.55. The smallest absolute Gasteiger partial charge is 0.166 e. The lowest BCUT2D eigenvalue weighted by Crippen LogP contribution is -1.96. The highest BCUT2D eigenvalue weighted by molar-refractivity contribution is 7.99. The van der Waals surface area contributed by atoms with Crippen molar-refractivity contribution >= 4 is 22.9 Å². The zero-order valence-electron chi connectivity index (χ0n) is 8.87. The van der Waals surface area contributed by atoms with Crippen LogP contribution >= 0.6 is 11.8 Å². The molecule has 0 radical (unpaired) electrons. The molecular weight excluding hydrogens is 240 g/mol. The number of aromatic nitrogens is 4. The van der Waals surface area contributed by atoms with Gasteiger partial charge in [-0.05, 0) is 0 Å². The van der Waals surface area contributed by atoms with Crippen LogP contribution in [0, 0.1) is 11.8 Å². The standard InChI is InChI=1S/C10H10N4O2S/c15-3-1-2-4-17-10-8-9(11-5-12-10)14(7-16)6-13-8/h5-6,15-16H,3-4,7H2. The molecule has 0 aliphatic rings. The van der Waals surface area contributed by atoms with Gasteiger partial charge >= 0.3 is 0 Å². The first-order valence-corrected chi connectivity index (χ1v) is 5.81. The average Bonchev–Trinajstić information content (AvgIpc) is 2.78. The van der Waals surface area contributed by atoms with Crippen molar-refractivity contribution in [2.45, 2.75) is 11.8 Å². The van der Waals surface area contributed by atoms with Gasteiger partial charge in [-0.2, -0.15) is 0 Å². The molecule has 0 amide bonds. The molecule has 0 spiro atoms. The molecule has 0 unspecified atom stereocenters. The zero-order valence-corrected chi connectivity index (χ0v) is 9.68. The van der Waals surface area contributed by atoms with Crippen LogP contribution in [0.25, 0.3) is 11.2 Å². The molecule has 6 nitrogen and oxygen atoms in total. The lowest BCUT2D eigenvalue weighted by atomic mass is 10.5. The second kappa shape index (κ2) is 5.63. The Morgan fingerprint density at radius 2 is 2.12 bits per heavy atom. The van der Waals surface area contributed by atoms with Gasteiger partial charge in [-0.1, -0.05) is 23.6 Å². The third-order valence-corrected chi connectivity index (χ3v) is 2.87. The molecule has 0 aliphatic heterocycles. The number of thioether (sulfide) groups is 1. The van der Waals surface area contributed by atoms with Crippen molar-refractivity contribution in [2.24, 2.45) is 0 Å². The van der Waals surface area contributed by atoms with E-state index in [0.29, 0.717) is 16.9 Å². The molecule has 2 aromatic heterocycles. The summed E-state index contributed by atoms with van der Waals surface area (Å²) in [6, 6.07) is 0. The Hall–Kier alpha value is -1.62. The van der Waals surface area contributed by atoms with Crippen LogP contribution in [0.5, 0.6) is 0 Å².